The lowest BCUT2D eigenvalue weighted by Gasteiger charge is -2.26. The summed E-state index contributed by atoms with van der Waals surface area (Å²) in [6, 6.07) is 0. The molecule has 1 fully saturated rings. The lowest BCUT2D eigenvalue weighted by Crippen LogP contribution is -2.31. The van der Waals surface area contributed by atoms with E-state index in [0.717, 1.165) is 0 Å². The summed E-state index contributed by atoms with van der Waals surface area (Å²) in [7, 11) is 0. The van der Waals surface area contributed by atoms with Gasteiger partial charge in [-0.2, -0.15) is 0 Å². The minimum atomic E-state index is -0.267. The van der Waals surface area contributed by atoms with Gasteiger partial charge in [-0.1, -0.05) is 41.5 Å². The molecule has 3 nitrogen and oxygen atoms in total. The van der Waals surface area contributed by atoms with Crippen molar-refractivity contribution in [2.45, 2.75) is 54.1 Å². The lowest BCUT2D eigenvalue weighted by atomic mass is 9.94. The molecule has 0 aromatic rings. The van der Waals surface area contributed by atoms with Gasteiger partial charge in [-0.15, -0.1) is 0 Å². The van der Waals surface area contributed by atoms with Crippen LogP contribution < -0.4 is 0 Å². The van der Waals surface area contributed by atoms with Gasteiger partial charge in [-0.3, -0.25) is 0 Å². The van der Waals surface area contributed by atoms with Crippen molar-refractivity contribution < 1.29 is 14.5 Å². The summed E-state index contributed by atoms with van der Waals surface area (Å²) in [4.78, 5) is 10.3. The Labute approximate surface area is 80.3 Å². The van der Waals surface area contributed by atoms with E-state index in [4.69, 9.17) is 14.5 Å². The fraction of sp³-hybridized carbons (Fsp3) is 1.00. The Bertz CT molecular complexity index is 156. The first-order valence-electron chi connectivity index (χ1n) is 4.69. The van der Waals surface area contributed by atoms with Gasteiger partial charge >= 0.3 is 0 Å². The average Bonchev–Trinajstić information content (AvgIpc) is 2.28. The molecule has 0 aromatic heterocycles. The summed E-state index contributed by atoms with van der Waals surface area (Å²) in [5.74, 6) is 0. The molecule has 1 aliphatic rings. The third-order valence-corrected chi connectivity index (χ3v) is 1.89. The fourth-order valence-electron chi connectivity index (χ4n) is 0.955. The Morgan fingerprint density at radius 3 is 1.15 bits per heavy atom. The van der Waals surface area contributed by atoms with E-state index in [1.54, 1.807) is 0 Å². The minimum Gasteiger partial charge on any atom is -0.317 e. The van der Waals surface area contributed by atoms with E-state index in [2.05, 4.69) is 41.5 Å². The van der Waals surface area contributed by atoms with Gasteiger partial charge in [0.2, 0.25) is 0 Å². The number of ether oxygens (including phenoxy) is 1. The highest BCUT2D eigenvalue weighted by Gasteiger charge is 2.41. The molecule has 3 heteroatoms. The Hall–Kier alpha value is -0.120. The monoisotopic (exact) mass is 188 g/mol. The predicted octanol–water partition coefficient (Wildman–Crippen LogP) is 2.71. The van der Waals surface area contributed by atoms with Crippen LogP contribution in [0.1, 0.15) is 41.5 Å². The van der Waals surface area contributed by atoms with Gasteiger partial charge in [-0.25, -0.2) is 9.78 Å². The Balaban J connectivity index is 2.55. The zero-order valence-corrected chi connectivity index (χ0v) is 9.38. The maximum Gasteiger partial charge on any atom is 0.199 e. The summed E-state index contributed by atoms with van der Waals surface area (Å²) in [6.07, 6.45) is -0.534. The van der Waals surface area contributed by atoms with E-state index in [-0.39, 0.29) is 23.4 Å². The van der Waals surface area contributed by atoms with Crippen molar-refractivity contribution in [1.29, 1.82) is 0 Å². The molecule has 1 rings (SSSR count). The molecule has 13 heavy (non-hydrogen) atoms. The van der Waals surface area contributed by atoms with Crippen LogP contribution in [-0.4, -0.2) is 12.6 Å². The standard InChI is InChI=1S/C10H20O3/c1-9(2,3)7-11-8(13-12-7)10(4,5)6/h7-8H,1-6H3/t7-,8-/m0/s1. The number of rotatable bonds is 0. The largest absolute Gasteiger partial charge is 0.317 e. The molecule has 0 N–H and O–H groups in total. The molecule has 78 valence electrons. The zero-order valence-electron chi connectivity index (χ0n) is 9.38. The highest BCUT2D eigenvalue weighted by atomic mass is 17.3. The van der Waals surface area contributed by atoms with Gasteiger partial charge in [0.25, 0.3) is 0 Å². The quantitative estimate of drug-likeness (QED) is 0.547. The van der Waals surface area contributed by atoms with Gasteiger partial charge in [0.05, 0.1) is 0 Å². The molecule has 1 aliphatic heterocycles. The van der Waals surface area contributed by atoms with Crippen LogP contribution in [0.15, 0.2) is 0 Å². The highest BCUT2D eigenvalue weighted by Crippen LogP contribution is 2.35. The molecule has 0 bridgehead atoms. The van der Waals surface area contributed by atoms with Crippen molar-refractivity contribution in [3.8, 4) is 0 Å². The number of hydrogen-bond donors (Lipinski definition) is 0. The maximum absolute atomic E-state index is 5.65. The highest BCUT2D eigenvalue weighted by molar-refractivity contribution is 4.73. The van der Waals surface area contributed by atoms with Crippen LogP contribution in [-0.2, 0) is 14.5 Å². The minimum absolute atomic E-state index is 0.0417. The molecule has 0 aromatic carbocycles. The van der Waals surface area contributed by atoms with Crippen LogP contribution in [0, 0.1) is 10.8 Å². The van der Waals surface area contributed by atoms with Gasteiger partial charge in [-0.05, 0) is 0 Å². The van der Waals surface area contributed by atoms with Crippen molar-refractivity contribution in [3.05, 3.63) is 0 Å². The van der Waals surface area contributed by atoms with Crippen LogP contribution in [0.5, 0.6) is 0 Å². The van der Waals surface area contributed by atoms with E-state index in [1.807, 2.05) is 0 Å². The zero-order chi connectivity index (χ0) is 10.3. The fourth-order valence-corrected chi connectivity index (χ4v) is 0.955. The van der Waals surface area contributed by atoms with Gasteiger partial charge in [0, 0.05) is 10.8 Å². The van der Waals surface area contributed by atoms with Crippen LogP contribution in [0.25, 0.3) is 0 Å². The van der Waals surface area contributed by atoms with Crippen LogP contribution in [0.3, 0.4) is 0 Å². The van der Waals surface area contributed by atoms with Crippen LogP contribution in [0.4, 0.5) is 0 Å². The SMILES string of the molecule is CC(C)(C)[C@@H]1OO[C@@H](C(C)(C)C)O1. The lowest BCUT2D eigenvalue weighted by molar-refractivity contribution is -0.321. The molecule has 2 atom stereocenters. The first-order chi connectivity index (χ1) is 5.71. The summed E-state index contributed by atoms with van der Waals surface area (Å²) < 4.78 is 5.65. The smallest absolute Gasteiger partial charge is 0.199 e. The average molecular weight is 188 g/mol. The van der Waals surface area contributed by atoms with Crippen molar-refractivity contribution in [3.63, 3.8) is 0 Å². The molecular formula is C10H20O3. The summed E-state index contributed by atoms with van der Waals surface area (Å²) in [6.45, 7) is 12.4. The molecule has 0 amide bonds. The first kappa shape index (κ1) is 11.0. The van der Waals surface area contributed by atoms with Crippen molar-refractivity contribution >= 4 is 0 Å². The Morgan fingerprint density at radius 2 is 1.00 bits per heavy atom. The third kappa shape index (κ3) is 2.66. The van der Waals surface area contributed by atoms with E-state index in [1.165, 1.54) is 0 Å². The van der Waals surface area contributed by atoms with Gasteiger partial charge in [0.1, 0.15) is 0 Å². The van der Waals surface area contributed by atoms with Crippen molar-refractivity contribution in [2.75, 3.05) is 0 Å². The van der Waals surface area contributed by atoms with Gasteiger partial charge < -0.3 is 4.74 Å². The summed E-state index contributed by atoms with van der Waals surface area (Å²) in [5.41, 5.74) is -0.0833. The topological polar surface area (TPSA) is 27.7 Å². The second kappa shape index (κ2) is 3.23. The van der Waals surface area contributed by atoms with Crippen LogP contribution in [0.2, 0.25) is 0 Å². The summed E-state index contributed by atoms with van der Waals surface area (Å²) in [5, 5.41) is 0. The molecule has 0 saturated carbocycles. The Morgan fingerprint density at radius 1 is 0.692 bits per heavy atom. The predicted molar refractivity (Wildman–Crippen MR) is 49.7 cm³/mol. The van der Waals surface area contributed by atoms with Crippen molar-refractivity contribution in [1.82, 2.24) is 0 Å². The molecule has 0 unspecified atom stereocenters. The molecule has 0 radical (unpaired) electrons. The van der Waals surface area contributed by atoms with E-state index in [9.17, 15) is 0 Å². The van der Waals surface area contributed by atoms with Gasteiger partial charge in [0.15, 0.2) is 12.6 Å². The molecule has 1 saturated heterocycles. The number of hydrogen-bond acceptors (Lipinski definition) is 3. The maximum atomic E-state index is 5.65. The normalized spacial score (nSPS) is 30.9. The molecule has 0 aliphatic carbocycles. The second-order valence-corrected chi connectivity index (χ2v) is 5.72. The van der Waals surface area contributed by atoms with Crippen LogP contribution >= 0.6 is 0 Å². The molecule has 1 heterocycles. The van der Waals surface area contributed by atoms with E-state index < -0.39 is 0 Å². The second-order valence-electron chi connectivity index (χ2n) is 5.72. The Kier molecular flexibility index (Phi) is 2.72. The molecule has 0 spiro atoms. The van der Waals surface area contributed by atoms with E-state index in [0.29, 0.717) is 0 Å². The third-order valence-electron chi connectivity index (χ3n) is 1.89. The first-order valence-corrected chi connectivity index (χ1v) is 4.69. The molecular weight excluding hydrogens is 168 g/mol. The van der Waals surface area contributed by atoms with E-state index >= 15 is 0 Å². The summed E-state index contributed by atoms with van der Waals surface area (Å²) >= 11 is 0. The van der Waals surface area contributed by atoms with Crippen molar-refractivity contribution in [2.24, 2.45) is 10.8 Å².